The lowest BCUT2D eigenvalue weighted by atomic mass is 9.83. The Kier molecular flexibility index (Phi) is 6.10. The highest BCUT2D eigenvalue weighted by Gasteiger charge is 2.48. The van der Waals surface area contributed by atoms with Crippen LogP contribution >= 0.6 is 11.8 Å². The zero-order valence-corrected chi connectivity index (χ0v) is 19.4. The van der Waals surface area contributed by atoms with Crippen LogP contribution in [-0.4, -0.2) is 18.8 Å². The molecule has 3 aromatic rings. The quantitative estimate of drug-likeness (QED) is 0.330. The van der Waals surface area contributed by atoms with E-state index in [9.17, 15) is 4.79 Å². The van der Waals surface area contributed by atoms with Crippen molar-refractivity contribution in [3.05, 3.63) is 90.0 Å². The van der Waals surface area contributed by atoms with Gasteiger partial charge in [-0.05, 0) is 52.9 Å². The number of carbonyl (C=O) groups excluding carboxylic acids is 1. The van der Waals surface area contributed by atoms with Crippen LogP contribution in [0.15, 0.2) is 83.8 Å². The molecule has 0 aliphatic carbocycles. The third kappa shape index (κ3) is 4.49. The van der Waals surface area contributed by atoms with Crippen LogP contribution in [-0.2, 0) is 10.2 Å². The normalized spacial score (nSPS) is 18.6. The van der Waals surface area contributed by atoms with Crippen LogP contribution in [0.3, 0.4) is 0 Å². The van der Waals surface area contributed by atoms with Gasteiger partial charge in [0.15, 0.2) is 0 Å². The lowest BCUT2D eigenvalue weighted by Crippen LogP contribution is -2.56. The number of nitrogens with zero attached hydrogens (tertiary/aromatic N) is 1. The number of carbonyl (C=O) groups is 1. The average Bonchev–Trinajstić information content (AvgIpc) is 2.78. The third-order valence-electron chi connectivity index (χ3n) is 5.86. The van der Waals surface area contributed by atoms with Crippen LogP contribution in [0.4, 0.5) is 5.69 Å². The fraction of sp³-hybridized carbons (Fsp3) is 0.296. The van der Waals surface area contributed by atoms with Gasteiger partial charge >= 0.3 is 0 Å². The van der Waals surface area contributed by atoms with Gasteiger partial charge < -0.3 is 9.64 Å². The molecule has 0 unspecified atom stereocenters. The number of ether oxygens (including phenoxy) is 1. The minimum absolute atomic E-state index is 0.0446. The van der Waals surface area contributed by atoms with Crippen molar-refractivity contribution in [2.75, 3.05) is 17.8 Å². The first-order chi connectivity index (χ1) is 14.9. The van der Waals surface area contributed by atoms with Crippen molar-refractivity contribution in [1.82, 2.24) is 0 Å². The first-order valence-corrected chi connectivity index (χ1v) is 11.6. The fourth-order valence-corrected chi connectivity index (χ4v) is 5.04. The van der Waals surface area contributed by atoms with Gasteiger partial charge in [0, 0.05) is 16.3 Å². The van der Waals surface area contributed by atoms with Gasteiger partial charge in [-0.15, -0.1) is 11.8 Å². The topological polar surface area (TPSA) is 29.5 Å². The van der Waals surface area contributed by atoms with Crippen molar-refractivity contribution < 1.29 is 9.53 Å². The Bertz CT molecular complexity index is 1020. The van der Waals surface area contributed by atoms with Crippen LogP contribution in [0.25, 0.3) is 0 Å². The lowest BCUT2D eigenvalue weighted by Gasteiger charge is -2.47. The SMILES string of the molecule is COc1ccc(N2C(=O)[C@@H](CSc3ccc(C(C)(C)C)cc3)[C@@H]2c2ccccc2)cc1. The molecule has 2 atom stereocenters. The van der Waals surface area contributed by atoms with Crippen molar-refractivity contribution in [3.63, 3.8) is 0 Å². The highest BCUT2D eigenvalue weighted by molar-refractivity contribution is 7.99. The smallest absolute Gasteiger partial charge is 0.233 e. The molecular weight excluding hydrogens is 402 g/mol. The molecule has 1 aliphatic heterocycles. The van der Waals surface area contributed by atoms with E-state index in [0.29, 0.717) is 0 Å². The summed E-state index contributed by atoms with van der Waals surface area (Å²) in [4.78, 5) is 16.3. The first kappa shape index (κ1) is 21.5. The van der Waals surface area contributed by atoms with E-state index in [0.717, 1.165) is 17.2 Å². The number of β-lactam (4-membered cyclic amide) rings is 1. The summed E-state index contributed by atoms with van der Waals surface area (Å²) in [6.07, 6.45) is 0. The predicted octanol–water partition coefficient (Wildman–Crippen LogP) is 6.49. The van der Waals surface area contributed by atoms with E-state index in [-0.39, 0.29) is 23.3 Å². The first-order valence-electron chi connectivity index (χ1n) is 10.6. The van der Waals surface area contributed by atoms with Gasteiger partial charge in [-0.25, -0.2) is 0 Å². The molecule has 0 bridgehead atoms. The summed E-state index contributed by atoms with van der Waals surface area (Å²) < 4.78 is 5.27. The van der Waals surface area contributed by atoms with E-state index in [4.69, 9.17) is 4.74 Å². The number of hydrogen-bond donors (Lipinski definition) is 0. The second-order valence-corrected chi connectivity index (χ2v) is 10.0. The number of hydrogen-bond acceptors (Lipinski definition) is 3. The summed E-state index contributed by atoms with van der Waals surface area (Å²) in [6.45, 7) is 6.67. The molecule has 31 heavy (non-hydrogen) atoms. The predicted molar refractivity (Wildman–Crippen MR) is 129 cm³/mol. The highest BCUT2D eigenvalue weighted by atomic mass is 32.2. The largest absolute Gasteiger partial charge is 0.497 e. The van der Waals surface area contributed by atoms with Crippen LogP contribution in [0.5, 0.6) is 5.75 Å². The molecule has 0 N–H and O–H groups in total. The molecule has 0 aromatic heterocycles. The standard InChI is InChI=1S/C27H29NO2S/c1-27(2,3)20-10-16-23(17-11-20)31-18-24-25(19-8-6-5-7-9-19)28(26(24)29)21-12-14-22(30-4)15-13-21/h5-17,24-25H,18H2,1-4H3/t24-,25-/m0/s1. The van der Waals surface area contributed by atoms with Crippen molar-refractivity contribution >= 4 is 23.4 Å². The summed E-state index contributed by atoms with van der Waals surface area (Å²) in [5.41, 5.74) is 3.55. The highest BCUT2D eigenvalue weighted by Crippen LogP contribution is 2.45. The van der Waals surface area contributed by atoms with E-state index in [1.54, 1.807) is 18.9 Å². The van der Waals surface area contributed by atoms with Gasteiger partial charge in [-0.1, -0.05) is 63.2 Å². The Morgan fingerprint density at radius 1 is 0.903 bits per heavy atom. The molecule has 1 saturated heterocycles. The number of thioether (sulfide) groups is 1. The minimum Gasteiger partial charge on any atom is -0.497 e. The summed E-state index contributed by atoms with van der Waals surface area (Å²) in [6, 6.07) is 26.8. The zero-order valence-electron chi connectivity index (χ0n) is 18.5. The molecule has 160 valence electrons. The number of methoxy groups -OCH3 is 1. The van der Waals surface area contributed by atoms with Crippen LogP contribution in [0.2, 0.25) is 0 Å². The Hall–Kier alpha value is -2.72. The summed E-state index contributed by atoms with van der Waals surface area (Å²) in [5, 5.41) is 0. The van der Waals surface area contributed by atoms with Gasteiger partial charge in [-0.2, -0.15) is 0 Å². The molecule has 3 aromatic carbocycles. The van der Waals surface area contributed by atoms with Gasteiger partial charge in [0.2, 0.25) is 5.91 Å². The van der Waals surface area contributed by atoms with Crippen molar-refractivity contribution in [3.8, 4) is 5.75 Å². The van der Waals surface area contributed by atoms with Crippen molar-refractivity contribution in [2.45, 2.75) is 37.1 Å². The minimum atomic E-state index is -0.0446. The number of rotatable bonds is 6. The molecule has 0 spiro atoms. The number of amides is 1. The Labute approximate surface area is 189 Å². The van der Waals surface area contributed by atoms with E-state index >= 15 is 0 Å². The third-order valence-corrected chi connectivity index (χ3v) is 6.99. The molecule has 0 radical (unpaired) electrons. The maximum atomic E-state index is 13.2. The molecule has 0 saturated carbocycles. The van der Waals surface area contributed by atoms with Crippen LogP contribution in [0, 0.1) is 5.92 Å². The molecule has 1 aliphatic rings. The zero-order chi connectivity index (χ0) is 22.0. The average molecular weight is 432 g/mol. The van der Waals surface area contributed by atoms with Crippen molar-refractivity contribution in [2.24, 2.45) is 5.92 Å². The molecule has 1 fully saturated rings. The summed E-state index contributed by atoms with van der Waals surface area (Å²) >= 11 is 1.76. The molecule has 3 nitrogen and oxygen atoms in total. The van der Waals surface area contributed by atoms with Gasteiger partial charge in [0.1, 0.15) is 5.75 Å². The molecule has 1 amide bonds. The van der Waals surface area contributed by atoms with Crippen molar-refractivity contribution in [1.29, 1.82) is 0 Å². The van der Waals surface area contributed by atoms with E-state index in [1.807, 2.05) is 47.4 Å². The lowest BCUT2D eigenvalue weighted by molar-refractivity contribution is -0.129. The van der Waals surface area contributed by atoms with Gasteiger partial charge in [-0.3, -0.25) is 4.79 Å². The fourth-order valence-electron chi connectivity index (χ4n) is 4.01. The molecule has 4 heteroatoms. The van der Waals surface area contributed by atoms with E-state index < -0.39 is 0 Å². The van der Waals surface area contributed by atoms with Gasteiger partial charge in [0.05, 0.1) is 19.1 Å². The van der Waals surface area contributed by atoms with Gasteiger partial charge in [0.25, 0.3) is 0 Å². The number of benzene rings is 3. The van der Waals surface area contributed by atoms with Crippen LogP contribution in [0.1, 0.15) is 37.9 Å². The second kappa shape index (κ2) is 8.80. The summed E-state index contributed by atoms with van der Waals surface area (Å²) in [5.74, 6) is 1.69. The van der Waals surface area contributed by atoms with E-state index in [1.165, 1.54) is 16.0 Å². The molecule has 1 heterocycles. The van der Waals surface area contributed by atoms with E-state index in [2.05, 4.69) is 57.2 Å². The molecule has 4 rings (SSSR count). The maximum absolute atomic E-state index is 13.2. The van der Waals surface area contributed by atoms with Crippen LogP contribution < -0.4 is 9.64 Å². The molecular formula is C27H29NO2S. The summed E-state index contributed by atoms with van der Waals surface area (Å²) in [7, 11) is 1.65. The Morgan fingerprint density at radius 3 is 2.13 bits per heavy atom. The second-order valence-electron chi connectivity index (χ2n) is 8.95. The Morgan fingerprint density at radius 2 is 1.55 bits per heavy atom. The monoisotopic (exact) mass is 431 g/mol. The maximum Gasteiger partial charge on any atom is 0.233 e. The Balaban J connectivity index is 1.53. The number of anilines is 1.